The number of hydrogen-bond donors (Lipinski definition) is 2. The average Bonchev–Trinajstić information content (AvgIpc) is 2.43. The number of amides is 1. The third-order valence-corrected chi connectivity index (χ3v) is 3.47. The third-order valence-electron chi connectivity index (χ3n) is 3.47. The number of carbonyl (C=O) groups excluding carboxylic acids is 1. The molecule has 1 heterocycles. The first-order chi connectivity index (χ1) is 9.08. The Labute approximate surface area is 116 Å². The van der Waals surface area contributed by atoms with Crippen molar-refractivity contribution in [3.63, 3.8) is 0 Å². The molecule has 0 aromatic carbocycles. The summed E-state index contributed by atoms with van der Waals surface area (Å²) < 4.78 is 0. The molecule has 4 nitrogen and oxygen atoms in total. The van der Waals surface area contributed by atoms with Gasteiger partial charge in [0.15, 0.2) is 0 Å². The summed E-state index contributed by atoms with van der Waals surface area (Å²) in [6.07, 6.45) is 5.56. The minimum atomic E-state index is -0.194. The van der Waals surface area contributed by atoms with E-state index in [1.54, 1.807) is 6.20 Å². The molecular formula is C15H25N3O. The molecule has 1 unspecified atom stereocenters. The Kier molecular flexibility index (Phi) is 6.50. The van der Waals surface area contributed by atoms with Crippen molar-refractivity contribution < 1.29 is 4.79 Å². The first-order valence-electron chi connectivity index (χ1n) is 7.01. The van der Waals surface area contributed by atoms with Crippen molar-refractivity contribution >= 4 is 5.91 Å². The maximum absolute atomic E-state index is 12.0. The van der Waals surface area contributed by atoms with Gasteiger partial charge < -0.3 is 10.6 Å². The largest absolute Gasteiger partial charge is 0.352 e. The molecule has 1 atom stereocenters. The fraction of sp³-hybridized carbons (Fsp3) is 0.600. The van der Waals surface area contributed by atoms with E-state index in [1.165, 1.54) is 5.56 Å². The number of nitrogens with one attached hydrogen (secondary N) is 2. The molecule has 0 aliphatic carbocycles. The Morgan fingerprint density at radius 3 is 2.63 bits per heavy atom. The van der Waals surface area contributed by atoms with Gasteiger partial charge in [0, 0.05) is 25.0 Å². The molecule has 1 aromatic heterocycles. The molecule has 0 aliphatic rings. The standard InChI is InChI=1S/C15H25N3O/c1-5-14(6-2)18-15(19)12(4)17-10-13-9-16-8-7-11(13)3/h7-9,12,14,17H,5-6,10H2,1-4H3,(H,18,19). The number of aromatic nitrogens is 1. The maximum atomic E-state index is 12.0. The van der Waals surface area contributed by atoms with Crippen LogP contribution in [0.5, 0.6) is 0 Å². The fourth-order valence-corrected chi connectivity index (χ4v) is 1.86. The second-order valence-electron chi connectivity index (χ2n) is 4.93. The summed E-state index contributed by atoms with van der Waals surface area (Å²) in [7, 11) is 0. The molecule has 0 radical (unpaired) electrons. The molecule has 0 saturated carbocycles. The highest BCUT2D eigenvalue weighted by molar-refractivity contribution is 5.81. The van der Waals surface area contributed by atoms with Gasteiger partial charge in [-0.3, -0.25) is 9.78 Å². The lowest BCUT2D eigenvalue weighted by molar-refractivity contribution is -0.123. The summed E-state index contributed by atoms with van der Waals surface area (Å²) >= 11 is 0. The van der Waals surface area contributed by atoms with Crippen molar-refractivity contribution in [3.8, 4) is 0 Å². The number of rotatable bonds is 7. The van der Waals surface area contributed by atoms with Gasteiger partial charge in [-0.05, 0) is 43.9 Å². The summed E-state index contributed by atoms with van der Waals surface area (Å²) in [4.78, 5) is 16.1. The molecular weight excluding hydrogens is 238 g/mol. The first-order valence-corrected chi connectivity index (χ1v) is 7.01. The van der Waals surface area contributed by atoms with Crippen LogP contribution in [0.15, 0.2) is 18.5 Å². The minimum absolute atomic E-state index is 0.0650. The summed E-state index contributed by atoms with van der Waals surface area (Å²) in [6.45, 7) is 8.78. The van der Waals surface area contributed by atoms with Crippen molar-refractivity contribution in [1.82, 2.24) is 15.6 Å². The van der Waals surface area contributed by atoms with Gasteiger partial charge >= 0.3 is 0 Å². The molecule has 2 N–H and O–H groups in total. The lowest BCUT2D eigenvalue weighted by Gasteiger charge is -2.19. The molecule has 0 bridgehead atoms. The van der Waals surface area contributed by atoms with Crippen LogP contribution in [0.3, 0.4) is 0 Å². The van der Waals surface area contributed by atoms with Gasteiger partial charge in [0.1, 0.15) is 0 Å². The maximum Gasteiger partial charge on any atom is 0.237 e. The smallest absolute Gasteiger partial charge is 0.237 e. The van der Waals surface area contributed by atoms with Crippen molar-refractivity contribution in [3.05, 3.63) is 29.6 Å². The summed E-state index contributed by atoms with van der Waals surface area (Å²) in [5.74, 6) is 0.0650. The average molecular weight is 263 g/mol. The minimum Gasteiger partial charge on any atom is -0.352 e. The third kappa shape index (κ3) is 4.99. The van der Waals surface area contributed by atoms with Gasteiger partial charge in [0.25, 0.3) is 0 Å². The second kappa shape index (κ2) is 7.89. The highest BCUT2D eigenvalue weighted by Gasteiger charge is 2.15. The molecule has 4 heteroatoms. The predicted octanol–water partition coefficient (Wildman–Crippen LogP) is 2.17. The van der Waals surface area contributed by atoms with Gasteiger partial charge in [0.2, 0.25) is 5.91 Å². The van der Waals surface area contributed by atoms with Crippen LogP contribution < -0.4 is 10.6 Å². The first kappa shape index (κ1) is 15.6. The molecule has 19 heavy (non-hydrogen) atoms. The van der Waals surface area contributed by atoms with Crippen LogP contribution in [0, 0.1) is 6.92 Å². The Hall–Kier alpha value is -1.42. The number of carbonyl (C=O) groups is 1. The summed E-state index contributed by atoms with van der Waals surface area (Å²) in [5.41, 5.74) is 2.32. The number of hydrogen-bond acceptors (Lipinski definition) is 3. The quantitative estimate of drug-likeness (QED) is 0.792. The van der Waals surface area contributed by atoms with Crippen LogP contribution in [0.25, 0.3) is 0 Å². The van der Waals surface area contributed by atoms with E-state index >= 15 is 0 Å². The van der Waals surface area contributed by atoms with Crippen molar-refractivity contribution in [2.45, 2.75) is 59.2 Å². The van der Waals surface area contributed by atoms with Crippen LogP contribution >= 0.6 is 0 Å². The van der Waals surface area contributed by atoms with Gasteiger partial charge in [-0.1, -0.05) is 13.8 Å². The van der Waals surface area contributed by atoms with Crippen LogP contribution in [0.1, 0.15) is 44.7 Å². The second-order valence-corrected chi connectivity index (χ2v) is 4.93. The zero-order valence-corrected chi connectivity index (χ0v) is 12.4. The Bertz CT molecular complexity index is 402. The van der Waals surface area contributed by atoms with Gasteiger partial charge in [-0.2, -0.15) is 0 Å². The Morgan fingerprint density at radius 2 is 2.05 bits per heavy atom. The van der Waals surface area contributed by atoms with E-state index in [9.17, 15) is 4.79 Å². The van der Waals surface area contributed by atoms with Crippen LogP contribution in [0.4, 0.5) is 0 Å². The van der Waals surface area contributed by atoms with Gasteiger partial charge in [0.05, 0.1) is 6.04 Å². The van der Waals surface area contributed by atoms with Gasteiger partial charge in [-0.15, -0.1) is 0 Å². The lowest BCUT2D eigenvalue weighted by Crippen LogP contribution is -2.45. The molecule has 1 rings (SSSR count). The Balaban J connectivity index is 2.45. The monoisotopic (exact) mass is 263 g/mol. The Morgan fingerprint density at radius 1 is 1.37 bits per heavy atom. The van der Waals surface area contributed by atoms with Crippen molar-refractivity contribution in [1.29, 1.82) is 0 Å². The summed E-state index contributed by atoms with van der Waals surface area (Å²) in [6, 6.07) is 2.06. The van der Waals surface area contributed by atoms with Gasteiger partial charge in [-0.25, -0.2) is 0 Å². The van der Waals surface area contributed by atoms with E-state index in [1.807, 2.05) is 26.1 Å². The zero-order valence-electron chi connectivity index (χ0n) is 12.4. The molecule has 0 saturated heterocycles. The molecule has 1 aromatic rings. The van der Waals surface area contributed by atoms with Crippen molar-refractivity contribution in [2.24, 2.45) is 0 Å². The normalized spacial score (nSPS) is 12.5. The van der Waals surface area contributed by atoms with E-state index in [0.717, 1.165) is 18.4 Å². The van der Waals surface area contributed by atoms with Crippen LogP contribution in [0.2, 0.25) is 0 Å². The fourth-order valence-electron chi connectivity index (χ4n) is 1.86. The molecule has 0 fully saturated rings. The van der Waals surface area contributed by atoms with E-state index < -0.39 is 0 Å². The lowest BCUT2D eigenvalue weighted by atomic mass is 10.1. The zero-order chi connectivity index (χ0) is 14.3. The highest BCUT2D eigenvalue weighted by Crippen LogP contribution is 2.04. The van der Waals surface area contributed by atoms with E-state index in [0.29, 0.717) is 6.54 Å². The van der Waals surface area contributed by atoms with E-state index in [4.69, 9.17) is 0 Å². The van der Waals surface area contributed by atoms with Crippen LogP contribution in [-0.2, 0) is 11.3 Å². The number of aryl methyl sites for hydroxylation is 1. The highest BCUT2D eigenvalue weighted by atomic mass is 16.2. The van der Waals surface area contributed by atoms with Crippen LogP contribution in [-0.4, -0.2) is 23.0 Å². The number of pyridine rings is 1. The number of nitrogens with zero attached hydrogens (tertiary/aromatic N) is 1. The topological polar surface area (TPSA) is 54.0 Å². The molecule has 0 aliphatic heterocycles. The van der Waals surface area contributed by atoms with E-state index in [-0.39, 0.29) is 18.0 Å². The predicted molar refractivity (Wildman–Crippen MR) is 77.8 cm³/mol. The summed E-state index contributed by atoms with van der Waals surface area (Å²) in [5, 5.41) is 6.29. The van der Waals surface area contributed by atoms with E-state index in [2.05, 4.69) is 29.5 Å². The molecule has 106 valence electrons. The molecule has 0 spiro atoms. The van der Waals surface area contributed by atoms with Crippen molar-refractivity contribution in [2.75, 3.05) is 0 Å². The SMILES string of the molecule is CCC(CC)NC(=O)C(C)NCc1cnccc1C. The molecule has 1 amide bonds.